The summed E-state index contributed by atoms with van der Waals surface area (Å²) in [7, 11) is -3.59. The number of sulfonamides is 1. The molecule has 0 radical (unpaired) electrons. The van der Waals surface area contributed by atoms with Crippen LogP contribution in [0.1, 0.15) is 30.0 Å². The Kier molecular flexibility index (Phi) is 6.06. The molecule has 3 aromatic carbocycles. The molecule has 0 aliphatic carbocycles. The van der Waals surface area contributed by atoms with E-state index < -0.39 is 10.0 Å². The molecule has 5 heteroatoms. The molecule has 148 valence electrons. The van der Waals surface area contributed by atoms with Gasteiger partial charge in [0.05, 0.1) is 4.90 Å². The number of hydrogen-bond acceptors (Lipinski definition) is 3. The van der Waals surface area contributed by atoms with E-state index in [2.05, 4.69) is 28.2 Å². The zero-order chi connectivity index (χ0) is 20.3. The van der Waals surface area contributed by atoms with Crippen LogP contribution in [0.2, 0.25) is 0 Å². The lowest BCUT2D eigenvalue weighted by Gasteiger charge is -2.21. The Labute approximate surface area is 168 Å². The van der Waals surface area contributed by atoms with Crippen LogP contribution in [-0.4, -0.2) is 21.0 Å². The van der Waals surface area contributed by atoms with Crippen LogP contribution in [0.25, 0.3) is 10.8 Å². The molecule has 0 heterocycles. The smallest absolute Gasteiger partial charge is 0.241 e. The Morgan fingerprint density at radius 1 is 0.929 bits per heavy atom. The molecular formula is C23H28N2O2S. The van der Waals surface area contributed by atoms with Crippen molar-refractivity contribution in [1.29, 1.82) is 0 Å². The highest BCUT2D eigenvalue weighted by atomic mass is 32.2. The van der Waals surface area contributed by atoms with Gasteiger partial charge in [0.25, 0.3) is 0 Å². The maximum Gasteiger partial charge on any atom is 0.241 e. The number of nitrogens with one attached hydrogen (secondary N) is 2. The van der Waals surface area contributed by atoms with Crippen molar-refractivity contribution in [3.8, 4) is 0 Å². The molecule has 3 rings (SSSR count). The topological polar surface area (TPSA) is 58.2 Å². The fourth-order valence-electron chi connectivity index (χ4n) is 3.75. The first kappa shape index (κ1) is 20.4. The Morgan fingerprint density at radius 3 is 2.25 bits per heavy atom. The molecule has 0 saturated carbocycles. The van der Waals surface area contributed by atoms with E-state index in [4.69, 9.17) is 0 Å². The summed E-state index contributed by atoms with van der Waals surface area (Å²) < 4.78 is 29.0. The highest BCUT2D eigenvalue weighted by molar-refractivity contribution is 7.89. The third-order valence-electron chi connectivity index (χ3n) is 5.02. The molecule has 0 amide bonds. The summed E-state index contributed by atoms with van der Waals surface area (Å²) in [6.45, 7) is 8.20. The Balaban J connectivity index is 1.79. The first-order valence-electron chi connectivity index (χ1n) is 9.63. The monoisotopic (exact) mass is 396 g/mol. The van der Waals surface area contributed by atoms with Crippen LogP contribution in [0.3, 0.4) is 0 Å². The van der Waals surface area contributed by atoms with Gasteiger partial charge >= 0.3 is 0 Å². The summed E-state index contributed by atoms with van der Waals surface area (Å²) in [5.41, 5.74) is 3.64. The average Bonchev–Trinajstić information content (AvgIpc) is 2.63. The predicted octanol–water partition coefficient (Wildman–Crippen LogP) is 4.93. The summed E-state index contributed by atoms with van der Waals surface area (Å²) >= 11 is 0. The molecule has 0 aliphatic heterocycles. The van der Waals surface area contributed by atoms with Gasteiger partial charge in [-0.2, -0.15) is 0 Å². The van der Waals surface area contributed by atoms with Gasteiger partial charge in [-0.05, 0) is 49.8 Å². The number of benzene rings is 3. The number of hydrogen-bond donors (Lipinski definition) is 2. The lowest BCUT2D eigenvalue weighted by atomic mass is 10.1. The molecule has 2 N–H and O–H groups in total. The van der Waals surface area contributed by atoms with Crippen molar-refractivity contribution in [2.45, 2.75) is 45.1 Å². The highest BCUT2D eigenvalue weighted by Crippen LogP contribution is 2.24. The molecule has 4 nitrogen and oxygen atoms in total. The molecule has 0 bridgehead atoms. The van der Waals surface area contributed by atoms with Gasteiger partial charge in [-0.15, -0.1) is 0 Å². The summed E-state index contributed by atoms with van der Waals surface area (Å²) in [6.07, 6.45) is 0.695. The van der Waals surface area contributed by atoms with Gasteiger partial charge in [-0.25, -0.2) is 13.1 Å². The van der Waals surface area contributed by atoms with Gasteiger partial charge < -0.3 is 5.32 Å². The fourth-order valence-corrected chi connectivity index (χ4v) is 5.52. The second-order valence-electron chi connectivity index (χ2n) is 7.36. The molecule has 28 heavy (non-hydrogen) atoms. The Hall–Kier alpha value is -2.37. The van der Waals surface area contributed by atoms with Gasteiger partial charge in [0.2, 0.25) is 10.0 Å². The first-order chi connectivity index (χ1) is 13.3. The maximum absolute atomic E-state index is 13.0. The van der Waals surface area contributed by atoms with Gasteiger partial charge in [0.1, 0.15) is 0 Å². The van der Waals surface area contributed by atoms with Gasteiger partial charge in [0.15, 0.2) is 0 Å². The quantitative estimate of drug-likeness (QED) is 0.595. The fraction of sp³-hybridized carbons (Fsp3) is 0.304. The Bertz CT molecular complexity index is 1060. The molecule has 1 atom stereocenters. The van der Waals surface area contributed by atoms with Crippen LogP contribution >= 0.6 is 0 Å². The standard InChI is InChI=1S/C23H28N2O2S/c1-5-20(15-24-22-12-8-10-19-9-6-7-11-21(19)22)25-28(26,27)23-17(3)13-16(2)14-18(23)4/h6-14,20,24-25H,5,15H2,1-4H3. The predicted molar refractivity (Wildman–Crippen MR) is 117 cm³/mol. The minimum Gasteiger partial charge on any atom is -0.383 e. The summed E-state index contributed by atoms with van der Waals surface area (Å²) in [6, 6.07) is 17.9. The first-order valence-corrected chi connectivity index (χ1v) is 11.1. The molecular weight excluding hydrogens is 368 g/mol. The van der Waals surface area contributed by atoms with Crippen LogP contribution in [0.15, 0.2) is 59.5 Å². The van der Waals surface area contributed by atoms with Crippen molar-refractivity contribution in [1.82, 2.24) is 4.72 Å². The molecule has 0 aromatic heterocycles. The zero-order valence-electron chi connectivity index (χ0n) is 16.9. The molecule has 0 aliphatic rings. The summed E-state index contributed by atoms with van der Waals surface area (Å²) in [4.78, 5) is 0.390. The average molecular weight is 397 g/mol. The largest absolute Gasteiger partial charge is 0.383 e. The van der Waals surface area contributed by atoms with Gasteiger partial charge in [-0.3, -0.25) is 0 Å². The minimum atomic E-state index is -3.59. The second-order valence-corrected chi connectivity index (χ2v) is 9.01. The van der Waals surface area contributed by atoms with Crippen LogP contribution < -0.4 is 10.0 Å². The van der Waals surface area contributed by atoms with E-state index in [1.54, 1.807) is 0 Å². The number of aryl methyl sites for hydroxylation is 3. The van der Waals surface area contributed by atoms with Crippen molar-refractivity contribution in [3.63, 3.8) is 0 Å². The van der Waals surface area contributed by atoms with E-state index in [1.165, 1.54) is 0 Å². The van der Waals surface area contributed by atoms with E-state index in [1.807, 2.05) is 64.1 Å². The van der Waals surface area contributed by atoms with E-state index in [0.29, 0.717) is 17.9 Å². The maximum atomic E-state index is 13.0. The molecule has 0 saturated heterocycles. The van der Waals surface area contributed by atoms with Crippen LogP contribution in [0.5, 0.6) is 0 Å². The van der Waals surface area contributed by atoms with Gasteiger partial charge in [-0.1, -0.05) is 61.0 Å². The number of rotatable bonds is 7. The van der Waals surface area contributed by atoms with Crippen LogP contribution in [-0.2, 0) is 10.0 Å². The second kappa shape index (κ2) is 8.33. The molecule has 3 aromatic rings. The van der Waals surface area contributed by atoms with Crippen molar-refractivity contribution in [2.75, 3.05) is 11.9 Å². The molecule has 0 spiro atoms. The number of anilines is 1. The van der Waals surface area contributed by atoms with Crippen molar-refractivity contribution >= 4 is 26.5 Å². The van der Waals surface area contributed by atoms with E-state index in [9.17, 15) is 8.42 Å². The zero-order valence-corrected chi connectivity index (χ0v) is 17.7. The normalized spacial score (nSPS) is 12.9. The third kappa shape index (κ3) is 4.37. The minimum absolute atomic E-state index is 0.205. The Morgan fingerprint density at radius 2 is 1.57 bits per heavy atom. The summed E-state index contributed by atoms with van der Waals surface area (Å²) in [5.74, 6) is 0. The molecule has 0 fully saturated rings. The summed E-state index contributed by atoms with van der Waals surface area (Å²) in [5, 5.41) is 5.72. The molecule has 1 unspecified atom stereocenters. The van der Waals surface area contributed by atoms with Crippen LogP contribution in [0.4, 0.5) is 5.69 Å². The lowest BCUT2D eigenvalue weighted by molar-refractivity contribution is 0.547. The van der Waals surface area contributed by atoms with Gasteiger partial charge in [0, 0.05) is 23.7 Å². The SMILES string of the molecule is CCC(CNc1cccc2ccccc12)NS(=O)(=O)c1c(C)cc(C)cc1C. The van der Waals surface area contributed by atoms with E-state index >= 15 is 0 Å². The highest BCUT2D eigenvalue weighted by Gasteiger charge is 2.23. The van der Waals surface area contributed by atoms with Crippen molar-refractivity contribution in [2.24, 2.45) is 0 Å². The number of fused-ring (bicyclic) bond motifs is 1. The van der Waals surface area contributed by atoms with Crippen LogP contribution in [0, 0.1) is 20.8 Å². The van der Waals surface area contributed by atoms with E-state index in [0.717, 1.165) is 33.2 Å². The van der Waals surface area contributed by atoms with Crippen molar-refractivity contribution < 1.29 is 8.42 Å². The third-order valence-corrected chi connectivity index (χ3v) is 6.84. The lowest BCUT2D eigenvalue weighted by Crippen LogP contribution is -2.39. The van der Waals surface area contributed by atoms with Crippen molar-refractivity contribution in [3.05, 3.63) is 71.3 Å². The van der Waals surface area contributed by atoms with E-state index in [-0.39, 0.29) is 6.04 Å².